The molecule has 1 aromatic heterocycles. The molecular weight excluding hydrogens is 514 g/mol. The summed E-state index contributed by atoms with van der Waals surface area (Å²) >= 11 is 4.85. The van der Waals surface area contributed by atoms with Crippen LogP contribution < -0.4 is 14.3 Å². The van der Waals surface area contributed by atoms with Crippen molar-refractivity contribution in [2.75, 3.05) is 11.8 Å². The summed E-state index contributed by atoms with van der Waals surface area (Å²) in [7, 11) is -0.469. The second kappa shape index (κ2) is 8.89. The van der Waals surface area contributed by atoms with Gasteiger partial charge in [-0.1, -0.05) is 33.3 Å². The Bertz CT molecular complexity index is 1490. The highest BCUT2D eigenvalue weighted by Gasteiger charge is 2.15. The number of fused-ring (bicyclic) bond motifs is 1. The minimum Gasteiger partial charge on any atom is -0.497 e. The molecule has 0 atom stereocenters. The number of hydrogen-bond acceptors (Lipinski definition) is 5. The summed E-state index contributed by atoms with van der Waals surface area (Å²) in [6.45, 7) is 0. The van der Waals surface area contributed by atoms with Gasteiger partial charge < -0.3 is 9.30 Å². The summed E-state index contributed by atoms with van der Waals surface area (Å²) in [5, 5.41) is 0. The Morgan fingerprint density at radius 1 is 1.09 bits per heavy atom. The number of benzene rings is 3. The number of amides is 1. The normalized spacial score (nSPS) is 12.2. The highest BCUT2D eigenvalue weighted by molar-refractivity contribution is 9.10. The van der Waals surface area contributed by atoms with E-state index in [1.165, 1.54) is 36.6 Å². The van der Waals surface area contributed by atoms with Crippen molar-refractivity contribution in [1.82, 2.24) is 4.57 Å². The maximum atomic E-state index is 12.8. The minimum atomic E-state index is -3.82. The molecule has 0 unspecified atom stereocenters. The fourth-order valence-corrected chi connectivity index (χ4v) is 5.67. The van der Waals surface area contributed by atoms with Crippen molar-refractivity contribution >= 4 is 59.1 Å². The van der Waals surface area contributed by atoms with Gasteiger partial charge in [-0.25, -0.2) is 8.42 Å². The number of sulfonamides is 1. The Morgan fingerprint density at radius 2 is 1.84 bits per heavy atom. The first-order chi connectivity index (χ1) is 15.3. The predicted molar refractivity (Wildman–Crippen MR) is 129 cm³/mol. The molecule has 7 nitrogen and oxygen atoms in total. The summed E-state index contributed by atoms with van der Waals surface area (Å²) in [6, 6.07) is 18.1. The fraction of sp³-hybridized carbons (Fsp3) is 0.0909. The molecule has 0 radical (unpaired) electrons. The lowest BCUT2D eigenvalue weighted by Gasteiger charge is -2.09. The van der Waals surface area contributed by atoms with Crippen LogP contribution in [0.25, 0.3) is 10.2 Å². The number of ether oxygens (including phenoxy) is 1. The largest absolute Gasteiger partial charge is 0.497 e. The molecule has 4 rings (SSSR count). The van der Waals surface area contributed by atoms with Crippen LogP contribution in [0.15, 0.2) is 81.1 Å². The van der Waals surface area contributed by atoms with E-state index in [-0.39, 0.29) is 16.1 Å². The lowest BCUT2D eigenvalue weighted by atomic mass is 10.2. The quantitative estimate of drug-likeness (QED) is 0.409. The van der Waals surface area contributed by atoms with E-state index in [0.717, 1.165) is 14.7 Å². The van der Waals surface area contributed by atoms with Crippen LogP contribution in [-0.4, -0.2) is 26.0 Å². The number of carbonyl (C=O) groups excluding carboxylic acids is 1. The van der Waals surface area contributed by atoms with Crippen LogP contribution in [0.1, 0.15) is 10.4 Å². The van der Waals surface area contributed by atoms with Crippen molar-refractivity contribution in [3.63, 3.8) is 0 Å². The van der Waals surface area contributed by atoms with Crippen LogP contribution in [0.4, 0.5) is 5.69 Å². The smallest absolute Gasteiger partial charge is 0.279 e. The van der Waals surface area contributed by atoms with Gasteiger partial charge in [-0.15, -0.1) is 0 Å². The van der Waals surface area contributed by atoms with Crippen LogP contribution in [-0.2, 0) is 17.1 Å². The second-order valence-corrected chi connectivity index (χ2v) is 10.4. The molecule has 10 heteroatoms. The molecule has 0 saturated heterocycles. The molecule has 0 aliphatic carbocycles. The van der Waals surface area contributed by atoms with E-state index in [4.69, 9.17) is 4.74 Å². The highest BCUT2D eigenvalue weighted by atomic mass is 79.9. The van der Waals surface area contributed by atoms with Gasteiger partial charge in [-0.2, -0.15) is 4.99 Å². The molecule has 0 aliphatic heterocycles. The Hall–Kier alpha value is -2.95. The third-order valence-electron chi connectivity index (χ3n) is 4.70. The Labute approximate surface area is 197 Å². The van der Waals surface area contributed by atoms with Crippen LogP contribution in [0.3, 0.4) is 0 Å². The fourth-order valence-electron chi connectivity index (χ4n) is 3.05. The first-order valence-corrected chi connectivity index (χ1v) is 12.5. The van der Waals surface area contributed by atoms with Crippen LogP contribution in [0.2, 0.25) is 0 Å². The first kappa shape index (κ1) is 22.3. The van der Waals surface area contributed by atoms with Crippen LogP contribution in [0.5, 0.6) is 5.75 Å². The van der Waals surface area contributed by atoms with Crippen molar-refractivity contribution in [3.05, 3.63) is 81.6 Å². The van der Waals surface area contributed by atoms with Crippen molar-refractivity contribution in [2.45, 2.75) is 4.90 Å². The zero-order valence-electron chi connectivity index (χ0n) is 17.1. The summed E-state index contributed by atoms with van der Waals surface area (Å²) in [4.78, 5) is 17.7. The van der Waals surface area contributed by atoms with E-state index >= 15 is 0 Å². The molecule has 0 aliphatic rings. The van der Waals surface area contributed by atoms with E-state index in [9.17, 15) is 13.2 Å². The summed E-state index contributed by atoms with van der Waals surface area (Å²) in [5.41, 5.74) is 1.51. The monoisotopic (exact) mass is 531 g/mol. The van der Waals surface area contributed by atoms with Gasteiger partial charge in [0, 0.05) is 22.8 Å². The number of methoxy groups -OCH3 is 1. The van der Waals surface area contributed by atoms with Crippen molar-refractivity contribution in [2.24, 2.45) is 12.0 Å². The summed E-state index contributed by atoms with van der Waals surface area (Å²) in [6.07, 6.45) is 0. The topological polar surface area (TPSA) is 89.8 Å². The predicted octanol–water partition coefficient (Wildman–Crippen LogP) is 4.55. The lowest BCUT2D eigenvalue weighted by Crippen LogP contribution is -2.14. The molecule has 4 aromatic rings. The number of aryl methyl sites for hydroxylation is 1. The Kier molecular flexibility index (Phi) is 6.18. The second-order valence-electron chi connectivity index (χ2n) is 6.83. The molecule has 1 heterocycles. The van der Waals surface area contributed by atoms with Gasteiger partial charge in [0.2, 0.25) is 0 Å². The van der Waals surface area contributed by atoms with Crippen LogP contribution in [0, 0.1) is 0 Å². The minimum absolute atomic E-state index is 0.0863. The SMILES string of the molecule is COc1ccc(S(=O)(=O)Nc2cccc(C(=O)N=c3sc4cc(Br)ccc4n3C)c2)cc1. The molecule has 32 heavy (non-hydrogen) atoms. The average Bonchev–Trinajstić information content (AvgIpc) is 3.07. The number of anilines is 1. The number of hydrogen-bond donors (Lipinski definition) is 1. The number of rotatable bonds is 5. The van der Waals surface area contributed by atoms with Gasteiger partial charge in [0.1, 0.15) is 5.75 Å². The van der Waals surface area contributed by atoms with Crippen molar-refractivity contribution in [1.29, 1.82) is 0 Å². The number of nitrogens with one attached hydrogen (secondary N) is 1. The number of carbonyl (C=O) groups is 1. The lowest BCUT2D eigenvalue weighted by molar-refractivity contribution is 0.0998. The van der Waals surface area contributed by atoms with E-state index < -0.39 is 15.9 Å². The zero-order valence-corrected chi connectivity index (χ0v) is 20.3. The molecule has 0 spiro atoms. The van der Waals surface area contributed by atoms with Crippen molar-refractivity contribution < 1.29 is 17.9 Å². The highest BCUT2D eigenvalue weighted by Crippen LogP contribution is 2.22. The van der Waals surface area contributed by atoms with E-state index in [1.54, 1.807) is 30.3 Å². The van der Waals surface area contributed by atoms with E-state index in [1.807, 2.05) is 29.8 Å². The summed E-state index contributed by atoms with van der Waals surface area (Å²) in [5.74, 6) is 0.0941. The molecule has 0 bridgehead atoms. The molecule has 0 saturated carbocycles. The van der Waals surface area contributed by atoms with E-state index in [2.05, 4.69) is 25.6 Å². The van der Waals surface area contributed by atoms with Gasteiger partial charge in [0.05, 0.1) is 22.2 Å². The van der Waals surface area contributed by atoms with Gasteiger partial charge >= 0.3 is 0 Å². The number of nitrogens with zero attached hydrogens (tertiary/aromatic N) is 2. The molecule has 0 fully saturated rings. The number of thiazole rings is 1. The van der Waals surface area contributed by atoms with Gasteiger partial charge in [0.25, 0.3) is 15.9 Å². The zero-order chi connectivity index (χ0) is 22.9. The number of aromatic nitrogens is 1. The van der Waals surface area contributed by atoms with Gasteiger partial charge in [-0.05, 0) is 60.7 Å². The summed E-state index contributed by atoms with van der Waals surface area (Å²) < 4.78 is 36.7. The first-order valence-electron chi connectivity index (χ1n) is 9.38. The molecular formula is C22H18BrN3O4S2. The maximum Gasteiger partial charge on any atom is 0.279 e. The standard InChI is InChI=1S/C22H18BrN3O4S2/c1-26-19-11-6-15(23)13-20(19)31-22(26)24-21(27)14-4-3-5-16(12-14)25-32(28,29)18-9-7-17(30-2)8-10-18/h3-13,25H,1-2H3. The van der Waals surface area contributed by atoms with Crippen LogP contribution >= 0.6 is 27.3 Å². The molecule has 1 N–H and O–H groups in total. The van der Waals surface area contributed by atoms with Gasteiger partial charge in [-0.3, -0.25) is 9.52 Å². The Morgan fingerprint density at radius 3 is 2.56 bits per heavy atom. The molecule has 1 amide bonds. The molecule has 3 aromatic carbocycles. The van der Waals surface area contributed by atoms with Crippen molar-refractivity contribution in [3.8, 4) is 5.75 Å². The Balaban J connectivity index is 1.62. The maximum absolute atomic E-state index is 12.8. The molecule has 164 valence electrons. The van der Waals surface area contributed by atoms with E-state index in [0.29, 0.717) is 10.6 Å². The third kappa shape index (κ3) is 4.62. The van der Waals surface area contributed by atoms with Gasteiger partial charge in [0.15, 0.2) is 4.80 Å². The number of halogens is 1. The average molecular weight is 532 g/mol. The third-order valence-corrected chi connectivity index (χ3v) is 7.69.